The van der Waals surface area contributed by atoms with Crippen LogP contribution in [-0.2, 0) is 11.5 Å². The van der Waals surface area contributed by atoms with Crippen molar-refractivity contribution in [3.63, 3.8) is 0 Å². The van der Waals surface area contributed by atoms with Crippen LogP contribution in [0.25, 0.3) is 10.9 Å². The molecule has 0 bridgehead atoms. The summed E-state index contributed by atoms with van der Waals surface area (Å²) in [5.41, 5.74) is 1.75. The topological polar surface area (TPSA) is 48.3 Å². The van der Waals surface area contributed by atoms with E-state index in [9.17, 15) is 9.59 Å². The predicted molar refractivity (Wildman–Crippen MR) is 66.7 cm³/mol. The third-order valence-corrected chi connectivity index (χ3v) is 3.09. The van der Waals surface area contributed by atoms with E-state index < -0.39 is 0 Å². The minimum Gasteiger partial charge on any atom is -0.364 e. The number of benzene rings is 1. The van der Waals surface area contributed by atoms with Crippen LogP contribution in [0.1, 0.15) is 20.8 Å². The molecule has 0 saturated carbocycles. The van der Waals surface area contributed by atoms with Gasteiger partial charge in [0.15, 0.2) is 5.78 Å². The highest BCUT2D eigenvalue weighted by molar-refractivity contribution is 6.27. The summed E-state index contributed by atoms with van der Waals surface area (Å²) in [4.78, 5) is 24.0. The molecule has 0 spiro atoms. The Hall–Kier alpha value is -2.20. The number of rotatable bonds is 2. The second-order valence-electron chi connectivity index (χ2n) is 4.15. The van der Waals surface area contributed by atoms with Gasteiger partial charge in [-0.1, -0.05) is 18.2 Å². The van der Waals surface area contributed by atoms with E-state index in [1.807, 2.05) is 24.3 Å². The van der Waals surface area contributed by atoms with Crippen LogP contribution >= 0.6 is 0 Å². The first-order chi connectivity index (χ1) is 8.74. The van der Waals surface area contributed by atoms with Gasteiger partial charge in [-0.2, -0.15) is 0 Å². The second kappa shape index (κ2) is 3.92. The van der Waals surface area contributed by atoms with Gasteiger partial charge in [0.1, 0.15) is 12.4 Å². The Morgan fingerprint density at radius 1 is 1.11 bits per heavy atom. The molecule has 0 unspecified atom stereocenters. The molecule has 1 aliphatic carbocycles. The van der Waals surface area contributed by atoms with Crippen LogP contribution < -0.4 is 0 Å². The molecule has 1 aliphatic rings. The Labute approximate surface area is 103 Å². The summed E-state index contributed by atoms with van der Waals surface area (Å²) in [5, 5.41) is 0.798. The van der Waals surface area contributed by atoms with E-state index in [1.54, 1.807) is 11.7 Å². The summed E-state index contributed by atoms with van der Waals surface area (Å²) in [6, 6.07) is 7.47. The molecular weight excluding hydrogens is 230 g/mol. The molecule has 4 nitrogen and oxygen atoms in total. The Balaban J connectivity index is 2.43. The molecule has 1 aromatic carbocycles. The highest BCUT2D eigenvalue weighted by Crippen LogP contribution is 2.29. The fourth-order valence-electron chi connectivity index (χ4n) is 2.39. The smallest absolute Gasteiger partial charge is 0.203 e. The van der Waals surface area contributed by atoms with Crippen molar-refractivity contribution in [3.8, 4) is 0 Å². The van der Waals surface area contributed by atoms with Gasteiger partial charge in [-0.05, 0) is 18.2 Å². The van der Waals surface area contributed by atoms with Crippen LogP contribution in [0.3, 0.4) is 0 Å². The number of methoxy groups -OCH3 is 1. The van der Waals surface area contributed by atoms with Crippen molar-refractivity contribution in [2.45, 2.75) is 6.73 Å². The number of hydrogen-bond acceptors (Lipinski definition) is 3. The molecule has 1 aromatic heterocycles. The van der Waals surface area contributed by atoms with Crippen LogP contribution in [0.15, 0.2) is 36.4 Å². The quantitative estimate of drug-likeness (QED) is 0.809. The van der Waals surface area contributed by atoms with Crippen molar-refractivity contribution in [2.24, 2.45) is 0 Å². The Bertz CT molecular complexity index is 694. The molecule has 1 heterocycles. The van der Waals surface area contributed by atoms with Gasteiger partial charge in [-0.25, -0.2) is 0 Å². The molecule has 4 heteroatoms. The molecule has 0 aliphatic heterocycles. The first-order valence-electron chi connectivity index (χ1n) is 5.61. The SMILES string of the molecule is COCn1c2c(c3ccccc31)C(=O)C=CC2=O. The van der Waals surface area contributed by atoms with Crippen molar-refractivity contribution in [3.05, 3.63) is 47.7 Å². The number of ether oxygens (including phenoxy) is 1. The molecule has 18 heavy (non-hydrogen) atoms. The maximum atomic E-state index is 12.0. The number of carbonyl (C=O) groups excluding carboxylic acids is 2. The lowest BCUT2D eigenvalue weighted by molar-refractivity contribution is 0.0965. The maximum Gasteiger partial charge on any atom is 0.203 e. The number of ketones is 2. The van der Waals surface area contributed by atoms with E-state index in [4.69, 9.17) is 4.74 Å². The summed E-state index contributed by atoms with van der Waals surface area (Å²) in [6.07, 6.45) is 2.64. The van der Waals surface area contributed by atoms with E-state index in [0.29, 0.717) is 11.3 Å². The predicted octanol–water partition coefficient (Wildman–Crippen LogP) is 2.18. The van der Waals surface area contributed by atoms with Crippen molar-refractivity contribution in [1.29, 1.82) is 0 Å². The Kier molecular flexibility index (Phi) is 2.38. The highest BCUT2D eigenvalue weighted by atomic mass is 16.5. The second-order valence-corrected chi connectivity index (χ2v) is 4.15. The lowest BCUT2D eigenvalue weighted by Crippen LogP contribution is -2.15. The summed E-state index contributed by atoms with van der Waals surface area (Å²) < 4.78 is 6.86. The number of carbonyl (C=O) groups is 2. The van der Waals surface area contributed by atoms with Crippen molar-refractivity contribution in [2.75, 3.05) is 7.11 Å². The van der Waals surface area contributed by atoms with Gasteiger partial charge in [0.25, 0.3) is 0 Å². The van der Waals surface area contributed by atoms with Gasteiger partial charge in [-0.3, -0.25) is 9.59 Å². The van der Waals surface area contributed by atoms with Gasteiger partial charge < -0.3 is 9.30 Å². The number of aromatic nitrogens is 1. The normalized spacial score (nSPS) is 14.3. The van der Waals surface area contributed by atoms with Crippen LogP contribution in [0.4, 0.5) is 0 Å². The van der Waals surface area contributed by atoms with E-state index in [-0.39, 0.29) is 18.3 Å². The molecule has 3 rings (SSSR count). The fourth-order valence-corrected chi connectivity index (χ4v) is 2.39. The van der Waals surface area contributed by atoms with Crippen LogP contribution in [0.2, 0.25) is 0 Å². The van der Waals surface area contributed by atoms with Crippen molar-refractivity contribution in [1.82, 2.24) is 4.57 Å². The number of allylic oxidation sites excluding steroid dienone is 2. The standard InChI is InChI=1S/C14H11NO3/c1-18-8-15-10-5-3-2-4-9(10)13-11(16)6-7-12(17)14(13)15/h2-7H,8H2,1H3. The molecule has 0 N–H and O–H groups in total. The molecule has 0 atom stereocenters. The van der Waals surface area contributed by atoms with E-state index in [2.05, 4.69) is 0 Å². The third kappa shape index (κ3) is 1.36. The lowest BCUT2D eigenvalue weighted by atomic mass is 9.99. The lowest BCUT2D eigenvalue weighted by Gasteiger charge is -2.09. The summed E-state index contributed by atoms with van der Waals surface area (Å²) in [5.74, 6) is -0.284. The largest absolute Gasteiger partial charge is 0.364 e. The number of fused-ring (bicyclic) bond motifs is 3. The summed E-state index contributed by atoms with van der Waals surface area (Å²) >= 11 is 0. The van der Waals surface area contributed by atoms with E-state index >= 15 is 0 Å². The van der Waals surface area contributed by atoms with Crippen LogP contribution in [0.5, 0.6) is 0 Å². The summed E-state index contributed by atoms with van der Waals surface area (Å²) in [7, 11) is 1.56. The average Bonchev–Trinajstić information content (AvgIpc) is 2.71. The van der Waals surface area contributed by atoms with Crippen LogP contribution in [0, 0.1) is 0 Å². The molecule has 0 radical (unpaired) electrons. The van der Waals surface area contributed by atoms with Gasteiger partial charge in [-0.15, -0.1) is 0 Å². The fraction of sp³-hybridized carbons (Fsp3) is 0.143. The number of nitrogens with zero attached hydrogens (tertiary/aromatic N) is 1. The molecular formula is C14H11NO3. The minimum atomic E-state index is -0.155. The number of para-hydroxylation sites is 1. The van der Waals surface area contributed by atoms with Gasteiger partial charge >= 0.3 is 0 Å². The zero-order chi connectivity index (χ0) is 12.7. The van der Waals surface area contributed by atoms with Crippen molar-refractivity contribution < 1.29 is 14.3 Å². The van der Waals surface area contributed by atoms with Crippen molar-refractivity contribution >= 4 is 22.5 Å². The minimum absolute atomic E-state index is 0.129. The zero-order valence-electron chi connectivity index (χ0n) is 9.84. The first-order valence-corrected chi connectivity index (χ1v) is 5.61. The van der Waals surface area contributed by atoms with Crippen LogP contribution in [-0.4, -0.2) is 23.2 Å². The van der Waals surface area contributed by atoms with Gasteiger partial charge in [0.05, 0.1) is 11.1 Å². The first kappa shape index (κ1) is 10.9. The zero-order valence-corrected chi connectivity index (χ0v) is 9.84. The van der Waals surface area contributed by atoms with Gasteiger partial charge in [0.2, 0.25) is 5.78 Å². The molecule has 90 valence electrons. The van der Waals surface area contributed by atoms with Gasteiger partial charge in [0, 0.05) is 12.5 Å². The average molecular weight is 241 g/mol. The highest BCUT2D eigenvalue weighted by Gasteiger charge is 2.27. The molecule has 0 saturated heterocycles. The monoisotopic (exact) mass is 241 g/mol. The third-order valence-electron chi connectivity index (χ3n) is 3.09. The van der Waals surface area contributed by atoms with E-state index in [0.717, 1.165) is 10.9 Å². The molecule has 0 fully saturated rings. The van der Waals surface area contributed by atoms with E-state index in [1.165, 1.54) is 12.2 Å². The Morgan fingerprint density at radius 3 is 2.61 bits per heavy atom. The molecule has 2 aromatic rings. The summed E-state index contributed by atoms with van der Waals surface area (Å²) in [6.45, 7) is 0.253. The Morgan fingerprint density at radius 2 is 1.83 bits per heavy atom. The molecule has 0 amide bonds. The number of hydrogen-bond donors (Lipinski definition) is 0. The maximum absolute atomic E-state index is 12.0.